The number of pyridine rings is 1. The minimum absolute atomic E-state index is 0.193. The Hall–Kier alpha value is -4.43. The van der Waals surface area contributed by atoms with Crippen LogP contribution in [0.1, 0.15) is 44.5 Å². The van der Waals surface area contributed by atoms with E-state index < -0.39 is 11.8 Å². The molecule has 0 fully saturated rings. The van der Waals surface area contributed by atoms with Crippen LogP contribution in [0.5, 0.6) is 0 Å². The number of hydrogen-bond donors (Lipinski definition) is 0. The molecule has 0 spiro atoms. The Bertz CT molecular complexity index is 1680. The standard InChI is InChI=1S/C30H22F2N2O3S/c1-3-37-30(36)26-24(19-7-11-21(31)12-8-19)17-38-29(26)33-16-23-18(2)27(34-15-5-4-6-25(23)34)28(35)20-9-13-22(32)14-10-20/h4-17H,3H2,1-2H3. The number of nitrogens with zero attached hydrogens (tertiary/aromatic N) is 2. The van der Waals surface area contributed by atoms with Gasteiger partial charge in [0.25, 0.3) is 0 Å². The van der Waals surface area contributed by atoms with Crippen molar-refractivity contribution >= 4 is 39.8 Å². The molecule has 3 heterocycles. The SMILES string of the molecule is CCOC(=O)c1c(-c2ccc(F)cc2)csc1N=Cc1c(C)c(C(=O)c2ccc(F)cc2)n2ccccc12. The molecule has 0 unspecified atom stereocenters. The van der Waals surface area contributed by atoms with Crippen LogP contribution in [-0.2, 0) is 4.74 Å². The van der Waals surface area contributed by atoms with Crippen molar-refractivity contribution in [3.63, 3.8) is 0 Å². The van der Waals surface area contributed by atoms with Gasteiger partial charge in [0.15, 0.2) is 0 Å². The van der Waals surface area contributed by atoms with E-state index in [-0.39, 0.29) is 18.2 Å². The summed E-state index contributed by atoms with van der Waals surface area (Å²) < 4.78 is 34.0. The number of carbonyl (C=O) groups excluding carboxylic acids is 2. The lowest BCUT2D eigenvalue weighted by atomic mass is 10.0. The maximum Gasteiger partial charge on any atom is 0.341 e. The molecule has 0 saturated carbocycles. The number of benzene rings is 2. The second kappa shape index (κ2) is 10.5. The van der Waals surface area contributed by atoms with Crippen molar-refractivity contribution in [2.24, 2.45) is 4.99 Å². The van der Waals surface area contributed by atoms with E-state index in [4.69, 9.17) is 4.74 Å². The number of halogens is 2. The van der Waals surface area contributed by atoms with Crippen LogP contribution in [0.25, 0.3) is 16.6 Å². The van der Waals surface area contributed by atoms with Crippen molar-refractivity contribution in [2.45, 2.75) is 13.8 Å². The Kier molecular flexibility index (Phi) is 6.98. The second-order valence-corrected chi connectivity index (χ2v) is 9.35. The zero-order valence-corrected chi connectivity index (χ0v) is 21.4. The molecule has 2 aromatic carbocycles. The lowest BCUT2D eigenvalue weighted by molar-refractivity contribution is 0.0528. The lowest BCUT2D eigenvalue weighted by Gasteiger charge is -2.06. The quantitative estimate of drug-likeness (QED) is 0.126. The maximum absolute atomic E-state index is 13.5. The van der Waals surface area contributed by atoms with E-state index in [1.807, 2.05) is 25.1 Å². The van der Waals surface area contributed by atoms with Gasteiger partial charge in [-0.1, -0.05) is 18.2 Å². The summed E-state index contributed by atoms with van der Waals surface area (Å²) in [6, 6.07) is 16.9. The van der Waals surface area contributed by atoms with Crippen molar-refractivity contribution in [3.8, 4) is 11.1 Å². The van der Waals surface area contributed by atoms with Gasteiger partial charge >= 0.3 is 5.97 Å². The molecule has 0 radical (unpaired) electrons. The number of aromatic nitrogens is 1. The first-order valence-corrected chi connectivity index (χ1v) is 12.8. The Balaban J connectivity index is 1.60. The van der Waals surface area contributed by atoms with Gasteiger partial charge < -0.3 is 9.14 Å². The molecule has 0 atom stereocenters. The summed E-state index contributed by atoms with van der Waals surface area (Å²) >= 11 is 1.27. The van der Waals surface area contributed by atoms with Crippen LogP contribution >= 0.6 is 11.3 Å². The van der Waals surface area contributed by atoms with Crippen molar-refractivity contribution in [2.75, 3.05) is 6.61 Å². The summed E-state index contributed by atoms with van der Waals surface area (Å²) in [5.74, 6) is -1.56. The zero-order valence-electron chi connectivity index (χ0n) is 20.6. The fourth-order valence-corrected chi connectivity index (χ4v) is 5.26. The number of carbonyl (C=O) groups is 2. The Morgan fingerprint density at radius 2 is 1.68 bits per heavy atom. The molecule has 38 heavy (non-hydrogen) atoms. The highest BCUT2D eigenvalue weighted by molar-refractivity contribution is 7.14. The minimum Gasteiger partial charge on any atom is -0.462 e. The average molecular weight is 529 g/mol. The molecule has 0 amide bonds. The van der Waals surface area contributed by atoms with Gasteiger partial charge in [-0.05, 0) is 73.5 Å². The Morgan fingerprint density at radius 3 is 2.37 bits per heavy atom. The third-order valence-electron chi connectivity index (χ3n) is 6.17. The molecule has 0 N–H and O–H groups in total. The molecular weight excluding hydrogens is 506 g/mol. The molecule has 0 aliphatic carbocycles. The second-order valence-electron chi connectivity index (χ2n) is 8.49. The van der Waals surface area contributed by atoms with Gasteiger partial charge in [-0.2, -0.15) is 0 Å². The largest absolute Gasteiger partial charge is 0.462 e. The summed E-state index contributed by atoms with van der Waals surface area (Å²) in [5.41, 5.74) is 4.54. The number of hydrogen-bond acceptors (Lipinski definition) is 5. The predicted molar refractivity (Wildman–Crippen MR) is 145 cm³/mol. The van der Waals surface area contributed by atoms with Gasteiger partial charge in [-0.25, -0.2) is 18.6 Å². The summed E-state index contributed by atoms with van der Waals surface area (Å²) in [6.07, 6.45) is 3.42. The van der Waals surface area contributed by atoms with E-state index in [0.717, 1.165) is 5.52 Å². The summed E-state index contributed by atoms with van der Waals surface area (Å²) in [6.45, 7) is 3.75. The van der Waals surface area contributed by atoms with Crippen LogP contribution in [0, 0.1) is 18.6 Å². The molecular formula is C30H22F2N2O3S. The Morgan fingerprint density at radius 1 is 1.00 bits per heavy atom. The third kappa shape index (κ3) is 4.66. The van der Waals surface area contributed by atoms with Crippen LogP contribution in [0.2, 0.25) is 0 Å². The number of fused-ring (bicyclic) bond motifs is 1. The number of esters is 1. The average Bonchev–Trinajstić information content (AvgIpc) is 3.46. The van der Waals surface area contributed by atoms with E-state index in [1.54, 1.807) is 41.2 Å². The van der Waals surface area contributed by atoms with Crippen molar-refractivity contribution in [1.29, 1.82) is 0 Å². The van der Waals surface area contributed by atoms with Gasteiger partial charge in [0, 0.05) is 34.5 Å². The number of ketones is 1. The van der Waals surface area contributed by atoms with Crippen molar-refractivity contribution < 1.29 is 23.1 Å². The van der Waals surface area contributed by atoms with Crippen LogP contribution in [-0.4, -0.2) is 29.0 Å². The van der Waals surface area contributed by atoms with Gasteiger partial charge in [-0.3, -0.25) is 4.79 Å². The van der Waals surface area contributed by atoms with Crippen molar-refractivity contribution in [3.05, 3.63) is 118 Å². The zero-order chi connectivity index (χ0) is 26.8. The fraction of sp³-hybridized carbons (Fsp3) is 0.100. The van der Waals surface area contributed by atoms with Crippen LogP contribution in [0.3, 0.4) is 0 Å². The smallest absolute Gasteiger partial charge is 0.341 e. The number of thiophene rings is 1. The van der Waals surface area contributed by atoms with Gasteiger partial charge in [0.2, 0.25) is 5.78 Å². The summed E-state index contributed by atoms with van der Waals surface area (Å²) in [4.78, 5) is 31.0. The maximum atomic E-state index is 13.5. The molecule has 8 heteroatoms. The summed E-state index contributed by atoms with van der Waals surface area (Å²) in [5, 5.41) is 2.23. The first-order valence-electron chi connectivity index (χ1n) is 11.9. The molecule has 5 nitrogen and oxygen atoms in total. The normalized spacial score (nSPS) is 11.4. The first-order chi connectivity index (χ1) is 18.4. The Labute approximate surface area is 221 Å². The number of rotatable bonds is 7. The first kappa shape index (κ1) is 25.2. The molecule has 5 aromatic rings. The molecule has 5 rings (SSSR count). The highest BCUT2D eigenvalue weighted by Gasteiger charge is 2.23. The minimum atomic E-state index is -0.522. The van der Waals surface area contributed by atoms with Crippen LogP contribution in [0.15, 0.2) is 83.3 Å². The number of aliphatic imine (C=N–C) groups is 1. The molecule has 0 bridgehead atoms. The van der Waals surface area contributed by atoms with E-state index in [9.17, 15) is 18.4 Å². The van der Waals surface area contributed by atoms with Gasteiger partial charge in [-0.15, -0.1) is 11.3 Å². The molecule has 0 aliphatic rings. The number of ether oxygens (including phenoxy) is 1. The predicted octanol–water partition coefficient (Wildman–Crippen LogP) is 7.41. The summed E-state index contributed by atoms with van der Waals surface area (Å²) in [7, 11) is 0. The third-order valence-corrected chi connectivity index (χ3v) is 7.06. The molecule has 0 aliphatic heterocycles. The highest BCUT2D eigenvalue weighted by atomic mass is 32.1. The monoisotopic (exact) mass is 528 g/mol. The van der Waals surface area contributed by atoms with Crippen LogP contribution in [0.4, 0.5) is 13.8 Å². The van der Waals surface area contributed by atoms with Gasteiger partial charge in [0.1, 0.15) is 22.2 Å². The molecule has 0 saturated heterocycles. The van der Waals surface area contributed by atoms with E-state index in [2.05, 4.69) is 4.99 Å². The topological polar surface area (TPSA) is 60.1 Å². The molecule has 190 valence electrons. The van der Waals surface area contributed by atoms with Gasteiger partial charge in [0.05, 0.1) is 17.8 Å². The highest BCUT2D eigenvalue weighted by Crippen LogP contribution is 2.38. The van der Waals surface area contributed by atoms with E-state index in [0.29, 0.717) is 44.1 Å². The van der Waals surface area contributed by atoms with E-state index in [1.165, 1.54) is 47.7 Å². The fourth-order valence-electron chi connectivity index (χ4n) is 4.35. The van der Waals surface area contributed by atoms with E-state index >= 15 is 0 Å². The van der Waals surface area contributed by atoms with Crippen LogP contribution < -0.4 is 0 Å². The molecule has 3 aromatic heterocycles. The lowest BCUT2D eigenvalue weighted by Crippen LogP contribution is -2.07. The van der Waals surface area contributed by atoms with Crippen molar-refractivity contribution in [1.82, 2.24) is 4.40 Å².